The van der Waals surface area contributed by atoms with Crippen molar-refractivity contribution in [2.75, 3.05) is 78.8 Å². The van der Waals surface area contributed by atoms with E-state index in [-0.39, 0.29) is 26.1 Å². The molecule has 0 aromatic rings. The summed E-state index contributed by atoms with van der Waals surface area (Å²) in [5, 5.41) is 24.9. The molecule has 0 amide bonds. The second-order valence-corrected chi connectivity index (χ2v) is 15.7. The van der Waals surface area contributed by atoms with Gasteiger partial charge in [0, 0.05) is 39.1 Å². The number of nitrogens with zero attached hydrogens (tertiary/aromatic N) is 2. The SMILES string of the molecule is O=C(O)CCCCCCCOCC(OC(=S)NCCCCN1CCCCC1)C(COCCCCCCCC(=O)O)OC(=S)NCCCCN1CCCCC1. The summed E-state index contributed by atoms with van der Waals surface area (Å²) in [5.74, 6) is -1.49. The summed E-state index contributed by atoms with van der Waals surface area (Å²) in [7, 11) is 0. The summed E-state index contributed by atoms with van der Waals surface area (Å²) in [4.78, 5) is 26.7. The average Bonchev–Trinajstić information content (AvgIpc) is 3.16. The summed E-state index contributed by atoms with van der Waals surface area (Å²) in [6.07, 6.45) is 20.2. The molecule has 4 N–H and O–H groups in total. The number of nitrogens with one attached hydrogen (secondary N) is 2. The van der Waals surface area contributed by atoms with Crippen LogP contribution in [0.4, 0.5) is 0 Å². The van der Waals surface area contributed by atoms with Crippen LogP contribution < -0.4 is 10.6 Å². The molecule has 14 heteroatoms. The zero-order chi connectivity index (χ0) is 38.9. The molecule has 314 valence electrons. The minimum Gasteiger partial charge on any atom is -0.481 e. The minimum absolute atomic E-state index is 0.216. The molecule has 2 aliphatic rings. The van der Waals surface area contributed by atoms with Crippen LogP contribution in [-0.4, -0.2) is 133 Å². The highest BCUT2D eigenvalue weighted by Gasteiger charge is 2.28. The molecular weight excluding hydrogens is 729 g/mol. The van der Waals surface area contributed by atoms with E-state index in [1.165, 1.54) is 64.7 Å². The Hall–Kier alpha value is -1.84. The van der Waals surface area contributed by atoms with Gasteiger partial charge in [0.1, 0.15) is 0 Å². The van der Waals surface area contributed by atoms with Crippen molar-refractivity contribution in [1.82, 2.24) is 20.4 Å². The molecule has 12 nitrogen and oxygen atoms in total. The lowest BCUT2D eigenvalue weighted by molar-refractivity contribution is -0.138. The molecule has 0 spiro atoms. The van der Waals surface area contributed by atoms with Gasteiger partial charge < -0.3 is 49.6 Å². The Balaban J connectivity index is 1.90. The summed E-state index contributed by atoms with van der Waals surface area (Å²) < 4.78 is 24.9. The smallest absolute Gasteiger partial charge is 0.303 e. The Labute approximate surface area is 337 Å². The van der Waals surface area contributed by atoms with E-state index in [1.54, 1.807) is 0 Å². The molecule has 2 heterocycles. The van der Waals surface area contributed by atoms with Gasteiger partial charge in [-0.05, 0) is 141 Å². The number of piperidine rings is 2. The Kier molecular flexibility index (Phi) is 29.8. The molecular formula is C40H74N4O8S2. The van der Waals surface area contributed by atoms with Crippen LogP contribution in [0.25, 0.3) is 0 Å². The van der Waals surface area contributed by atoms with Crippen molar-refractivity contribution in [2.45, 2.75) is 153 Å². The topological polar surface area (TPSA) is 142 Å². The maximum atomic E-state index is 10.8. The van der Waals surface area contributed by atoms with Crippen molar-refractivity contribution in [1.29, 1.82) is 0 Å². The van der Waals surface area contributed by atoms with Gasteiger partial charge in [-0.15, -0.1) is 0 Å². The number of thiocarbonyl (C=S) groups is 2. The maximum absolute atomic E-state index is 10.8. The Morgan fingerprint density at radius 2 is 0.889 bits per heavy atom. The van der Waals surface area contributed by atoms with Gasteiger partial charge in [-0.25, -0.2) is 0 Å². The molecule has 0 saturated carbocycles. The van der Waals surface area contributed by atoms with Gasteiger partial charge in [0.2, 0.25) is 0 Å². The van der Waals surface area contributed by atoms with Gasteiger partial charge in [0.05, 0.1) is 13.2 Å². The number of hydrogen-bond acceptors (Lipinski definition) is 10. The average molecular weight is 803 g/mol. The van der Waals surface area contributed by atoms with Gasteiger partial charge in [-0.1, -0.05) is 51.4 Å². The number of carbonyl (C=O) groups is 2. The highest BCUT2D eigenvalue weighted by atomic mass is 32.1. The van der Waals surface area contributed by atoms with Crippen molar-refractivity contribution >= 4 is 46.7 Å². The van der Waals surface area contributed by atoms with Crippen molar-refractivity contribution < 1.29 is 38.7 Å². The predicted octanol–water partition coefficient (Wildman–Crippen LogP) is 6.92. The highest BCUT2D eigenvalue weighted by Crippen LogP contribution is 2.14. The quantitative estimate of drug-likeness (QED) is 0.0403. The van der Waals surface area contributed by atoms with E-state index in [0.29, 0.717) is 36.4 Å². The van der Waals surface area contributed by atoms with Crippen LogP contribution in [0.15, 0.2) is 0 Å². The summed E-state index contributed by atoms with van der Waals surface area (Å²) in [5.41, 5.74) is 0. The van der Waals surface area contributed by atoms with E-state index in [4.69, 9.17) is 53.6 Å². The summed E-state index contributed by atoms with van der Waals surface area (Å²) in [6.45, 7) is 10.1. The van der Waals surface area contributed by atoms with Crippen molar-refractivity contribution in [2.24, 2.45) is 0 Å². The van der Waals surface area contributed by atoms with Crippen molar-refractivity contribution in [3.05, 3.63) is 0 Å². The number of ether oxygens (including phenoxy) is 4. The Morgan fingerprint density at radius 1 is 0.519 bits per heavy atom. The molecule has 0 aliphatic carbocycles. The molecule has 0 radical (unpaired) electrons. The first-order chi connectivity index (χ1) is 26.3. The van der Waals surface area contributed by atoms with Gasteiger partial charge in [0.25, 0.3) is 10.3 Å². The summed E-state index contributed by atoms with van der Waals surface area (Å²) in [6, 6.07) is 0. The van der Waals surface area contributed by atoms with E-state index < -0.39 is 24.1 Å². The largest absolute Gasteiger partial charge is 0.481 e. The van der Waals surface area contributed by atoms with Crippen LogP contribution in [0, 0.1) is 0 Å². The fourth-order valence-corrected chi connectivity index (χ4v) is 7.33. The number of hydrogen-bond donors (Lipinski definition) is 4. The zero-order valence-corrected chi connectivity index (χ0v) is 34.9. The van der Waals surface area contributed by atoms with Crippen LogP contribution in [0.2, 0.25) is 0 Å². The van der Waals surface area contributed by atoms with E-state index in [2.05, 4.69) is 20.4 Å². The Bertz CT molecular complexity index is 910. The van der Waals surface area contributed by atoms with E-state index in [1.807, 2.05) is 0 Å². The van der Waals surface area contributed by atoms with Crippen LogP contribution >= 0.6 is 24.4 Å². The lowest BCUT2D eigenvalue weighted by Crippen LogP contribution is -2.45. The molecule has 54 heavy (non-hydrogen) atoms. The Morgan fingerprint density at radius 3 is 1.28 bits per heavy atom. The van der Waals surface area contributed by atoms with Crippen LogP contribution in [0.5, 0.6) is 0 Å². The third kappa shape index (κ3) is 27.7. The van der Waals surface area contributed by atoms with Gasteiger partial charge in [-0.2, -0.15) is 0 Å². The molecule has 2 rings (SSSR count). The fraction of sp³-hybridized carbons (Fsp3) is 0.900. The predicted molar refractivity (Wildman–Crippen MR) is 222 cm³/mol. The van der Waals surface area contributed by atoms with Crippen LogP contribution in [0.1, 0.15) is 141 Å². The molecule has 2 atom stereocenters. The standard InChI is InChI=1S/C40H74N4O8S2/c45-37(46)21-9-3-1-5-19-31-49-33-35(51-39(53)41-23-11-17-29-43-25-13-7-14-26-43)36(34-50-32-20-6-2-4-10-22-38(47)48)52-40(54)42-24-12-18-30-44-27-15-8-16-28-44/h35-36H,1-34H2,(H,41,53)(H,42,54)(H,45,46)(H,47,48). The molecule has 2 fully saturated rings. The molecule has 0 aromatic carbocycles. The first kappa shape index (κ1) is 48.3. The molecule has 2 aliphatic heterocycles. The fourth-order valence-electron chi connectivity index (χ4n) is 6.88. The number of rotatable bonds is 33. The number of aliphatic carboxylic acids is 2. The third-order valence-electron chi connectivity index (χ3n) is 10.1. The number of carboxylic acids is 2. The second kappa shape index (κ2) is 33.3. The first-order valence-corrected chi connectivity index (χ1v) is 22.1. The maximum Gasteiger partial charge on any atom is 0.303 e. The molecule has 2 saturated heterocycles. The second-order valence-electron chi connectivity index (χ2n) is 14.9. The molecule has 0 aromatic heterocycles. The highest BCUT2D eigenvalue weighted by molar-refractivity contribution is 7.80. The van der Waals surface area contributed by atoms with Crippen LogP contribution in [-0.2, 0) is 28.5 Å². The minimum atomic E-state index is -0.745. The molecule has 0 bridgehead atoms. The van der Waals surface area contributed by atoms with Gasteiger partial charge in [-0.3, -0.25) is 9.59 Å². The van der Waals surface area contributed by atoms with E-state index in [9.17, 15) is 9.59 Å². The van der Waals surface area contributed by atoms with Gasteiger partial charge >= 0.3 is 11.9 Å². The lowest BCUT2D eigenvalue weighted by atomic mass is 10.1. The number of carboxylic acid groups (broad SMARTS) is 2. The number of likely N-dealkylation sites (tertiary alicyclic amines) is 2. The van der Waals surface area contributed by atoms with Crippen molar-refractivity contribution in [3.63, 3.8) is 0 Å². The third-order valence-corrected chi connectivity index (χ3v) is 10.6. The van der Waals surface area contributed by atoms with Crippen molar-refractivity contribution in [3.8, 4) is 0 Å². The van der Waals surface area contributed by atoms with Crippen LogP contribution in [0.3, 0.4) is 0 Å². The van der Waals surface area contributed by atoms with Gasteiger partial charge in [0.15, 0.2) is 12.2 Å². The summed E-state index contributed by atoms with van der Waals surface area (Å²) >= 11 is 11.3. The van der Waals surface area contributed by atoms with E-state index in [0.717, 1.165) is 103 Å². The number of unbranched alkanes of at least 4 members (excludes halogenated alkanes) is 10. The normalized spacial score (nSPS) is 16.4. The lowest BCUT2D eigenvalue weighted by Gasteiger charge is -2.29. The van der Waals surface area contributed by atoms with E-state index >= 15 is 0 Å². The first-order valence-electron chi connectivity index (χ1n) is 21.3. The monoisotopic (exact) mass is 802 g/mol. The molecule has 2 unspecified atom stereocenters. The zero-order valence-electron chi connectivity index (χ0n) is 33.3.